The second-order valence-electron chi connectivity index (χ2n) is 4.75. The van der Waals surface area contributed by atoms with Crippen LogP contribution >= 0.6 is 0 Å². The number of likely N-dealkylation sites (tertiary alicyclic amines) is 1. The highest BCUT2D eigenvalue weighted by atomic mass is 16.3. The Morgan fingerprint density at radius 2 is 2.06 bits per heavy atom. The molecule has 88 valence electrons. The highest BCUT2D eigenvalue weighted by Gasteiger charge is 2.16. The Balaban J connectivity index is 2.00. The number of piperidine rings is 1. The Hall–Kier alpha value is -1.06. The fraction of sp³-hybridized carbons (Fsp3) is 0.538. The average molecular weight is 220 g/mol. The molecule has 1 aromatic rings. The van der Waals surface area contributed by atoms with E-state index in [4.69, 9.17) is 5.73 Å². The Morgan fingerprint density at radius 3 is 2.75 bits per heavy atom. The average Bonchev–Trinajstić information content (AvgIpc) is 2.27. The van der Waals surface area contributed by atoms with Crippen molar-refractivity contribution in [3.05, 3.63) is 29.3 Å². The van der Waals surface area contributed by atoms with Gasteiger partial charge in [-0.3, -0.25) is 4.90 Å². The van der Waals surface area contributed by atoms with Crippen LogP contribution < -0.4 is 5.73 Å². The second kappa shape index (κ2) is 4.85. The lowest BCUT2D eigenvalue weighted by molar-refractivity contribution is 0.203. The lowest BCUT2D eigenvalue weighted by Crippen LogP contribution is -2.39. The zero-order valence-corrected chi connectivity index (χ0v) is 9.82. The standard InChI is InChI=1S/C13H20N2O/c1-10-2-3-13(16)11(8-10)9-15-6-4-12(14)5-7-15/h2-3,8,12,16H,4-7,9,14H2,1H3. The number of phenolic OH excluding ortho intramolecular Hbond substituents is 1. The topological polar surface area (TPSA) is 49.5 Å². The van der Waals surface area contributed by atoms with Gasteiger partial charge < -0.3 is 10.8 Å². The van der Waals surface area contributed by atoms with Gasteiger partial charge in [-0.05, 0) is 38.9 Å². The summed E-state index contributed by atoms with van der Waals surface area (Å²) in [4.78, 5) is 2.36. The highest BCUT2D eigenvalue weighted by molar-refractivity contribution is 5.35. The van der Waals surface area contributed by atoms with Gasteiger partial charge in [-0.2, -0.15) is 0 Å². The number of nitrogens with zero attached hydrogens (tertiary/aromatic N) is 1. The number of hydrogen-bond donors (Lipinski definition) is 2. The van der Waals surface area contributed by atoms with E-state index in [1.807, 2.05) is 6.07 Å². The Kier molecular flexibility index (Phi) is 3.46. The lowest BCUT2D eigenvalue weighted by Gasteiger charge is -2.30. The van der Waals surface area contributed by atoms with Gasteiger partial charge in [0.15, 0.2) is 0 Å². The van der Waals surface area contributed by atoms with Crippen molar-refractivity contribution < 1.29 is 5.11 Å². The number of aryl methyl sites for hydroxylation is 1. The number of benzene rings is 1. The number of rotatable bonds is 2. The van der Waals surface area contributed by atoms with Gasteiger partial charge in [-0.1, -0.05) is 17.7 Å². The predicted molar refractivity (Wildman–Crippen MR) is 65.3 cm³/mol. The van der Waals surface area contributed by atoms with E-state index in [2.05, 4.69) is 17.9 Å². The third-order valence-electron chi connectivity index (χ3n) is 3.26. The fourth-order valence-electron chi connectivity index (χ4n) is 2.19. The fourth-order valence-corrected chi connectivity index (χ4v) is 2.19. The minimum absolute atomic E-state index is 0.363. The summed E-state index contributed by atoms with van der Waals surface area (Å²) >= 11 is 0. The van der Waals surface area contributed by atoms with Gasteiger partial charge in [0.25, 0.3) is 0 Å². The smallest absolute Gasteiger partial charge is 0.120 e. The minimum atomic E-state index is 0.363. The van der Waals surface area contributed by atoms with E-state index in [0.29, 0.717) is 11.8 Å². The van der Waals surface area contributed by atoms with E-state index in [-0.39, 0.29) is 0 Å². The summed E-state index contributed by atoms with van der Waals surface area (Å²) in [5, 5.41) is 9.77. The van der Waals surface area contributed by atoms with Crippen molar-refractivity contribution in [2.75, 3.05) is 13.1 Å². The molecule has 0 aliphatic carbocycles. The molecule has 0 unspecified atom stereocenters. The van der Waals surface area contributed by atoms with Crippen molar-refractivity contribution in [2.24, 2.45) is 5.73 Å². The largest absolute Gasteiger partial charge is 0.508 e. The summed E-state index contributed by atoms with van der Waals surface area (Å²) < 4.78 is 0. The maximum atomic E-state index is 9.77. The molecule has 1 saturated heterocycles. The molecule has 3 N–H and O–H groups in total. The van der Waals surface area contributed by atoms with Crippen LogP contribution in [0.2, 0.25) is 0 Å². The molecule has 0 saturated carbocycles. The van der Waals surface area contributed by atoms with Crippen LogP contribution in [0.3, 0.4) is 0 Å². The van der Waals surface area contributed by atoms with Crippen molar-refractivity contribution in [1.29, 1.82) is 0 Å². The highest BCUT2D eigenvalue weighted by Crippen LogP contribution is 2.21. The van der Waals surface area contributed by atoms with Gasteiger partial charge in [-0.25, -0.2) is 0 Å². The summed E-state index contributed by atoms with van der Waals surface area (Å²) in [7, 11) is 0. The van der Waals surface area contributed by atoms with Crippen LogP contribution in [-0.2, 0) is 6.54 Å². The normalized spacial score (nSPS) is 18.9. The summed E-state index contributed by atoms with van der Waals surface area (Å²) in [5.74, 6) is 0.403. The first-order chi connectivity index (χ1) is 7.65. The molecular weight excluding hydrogens is 200 g/mol. The van der Waals surface area contributed by atoms with Crippen molar-refractivity contribution >= 4 is 0 Å². The van der Waals surface area contributed by atoms with Crippen LogP contribution in [0.1, 0.15) is 24.0 Å². The molecule has 0 aromatic heterocycles. The third kappa shape index (κ3) is 2.74. The van der Waals surface area contributed by atoms with Crippen molar-refractivity contribution in [1.82, 2.24) is 4.90 Å². The number of aromatic hydroxyl groups is 1. The van der Waals surface area contributed by atoms with Crippen LogP contribution in [0, 0.1) is 6.92 Å². The number of nitrogens with two attached hydrogens (primary N) is 1. The molecule has 1 aromatic carbocycles. The SMILES string of the molecule is Cc1ccc(O)c(CN2CCC(N)CC2)c1. The van der Waals surface area contributed by atoms with Crippen molar-refractivity contribution in [2.45, 2.75) is 32.4 Å². The summed E-state index contributed by atoms with van der Waals surface area (Å²) in [6.07, 6.45) is 2.12. The van der Waals surface area contributed by atoms with E-state index in [9.17, 15) is 5.11 Å². The zero-order chi connectivity index (χ0) is 11.5. The molecule has 2 rings (SSSR count). The van der Waals surface area contributed by atoms with E-state index in [1.165, 1.54) is 5.56 Å². The van der Waals surface area contributed by atoms with Crippen LogP contribution in [0.5, 0.6) is 5.75 Å². The van der Waals surface area contributed by atoms with Gasteiger partial charge in [0.1, 0.15) is 5.75 Å². The third-order valence-corrected chi connectivity index (χ3v) is 3.26. The molecule has 1 heterocycles. The predicted octanol–water partition coefficient (Wildman–Crippen LogP) is 1.62. The van der Waals surface area contributed by atoms with Gasteiger partial charge in [-0.15, -0.1) is 0 Å². The molecule has 3 nitrogen and oxygen atoms in total. The van der Waals surface area contributed by atoms with Crippen molar-refractivity contribution in [3.63, 3.8) is 0 Å². The molecule has 0 amide bonds. The Bertz CT molecular complexity index is 357. The molecule has 0 atom stereocenters. The maximum absolute atomic E-state index is 9.77. The van der Waals surface area contributed by atoms with Gasteiger partial charge in [0, 0.05) is 18.2 Å². The van der Waals surface area contributed by atoms with Crippen LogP contribution in [0.15, 0.2) is 18.2 Å². The molecule has 0 radical (unpaired) electrons. The maximum Gasteiger partial charge on any atom is 0.120 e. The molecule has 1 aliphatic rings. The Labute approximate surface area is 96.9 Å². The first-order valence-corrected chi connectivity index (χ1v) is 5.91. The van der Waals surface area contributed by atoms with Gasteiger partial charge >= 0.3 is 0 Å². The quantitative estimate of drug-likeness (QED) is 0.796. The lowest BCUT2D eigenvalue weighted by atomic mass is 10.0. The molecule has 3 heteroatoms. The van der Waals surface area contributed by atoms with Crippen LogP contribution in [0.25, 0.3) is 0 Å². The summed E-state index contributed by atoms with van der Waals surface area (Å²) in [6.45, 7) is 4.96. The first-order valence-electron chi connectivity index (χ1n) is 5.91. The Morgan fingerprint density at radius 1 is 1.38 bits per heavy atom. The van der Waals surface area contributed by atoms with Crippen LogP contribution in [0.4, 0.5) is 0 Å². The molecule has 16 heavy (non-hydrogen) atoms. The van der Waals surface area contributed by atoms with Crippen LogP contribution in [-0.4, -0.2) is 29.1 Å². The summed E-state index contributed by atoms with van der Waals surface area (Å²) in [5.41, 5.74) is 8.09. The first kappa shape index (κ1) is 11.4. The molecule has 0 spiro atoms. The van der Waals surface area contributed by atoms with Gasteiger partial charge in [0.2, 0.25) is 0 Å². The van der Waals surface area contributed by atoms with Gasteiger partial charge in [0.05, 0.1) is 0 Å². The summed E-state index contributed by atoms with van der Waals surface area (Å²) in [6, 6.07) is 6.14. The molecular formula is C13H20N2O. The second-order valence-corrected chi connectivity index (χ2v) is 4.75. The van der Waals surface area contributed by atoms with E-state index >= 15 is 0 Å². The zero-order valence-electron chi connectivity index (χ0n) is 9.82. The number of hydrogen-bond acceptors (Lipinski definition) is 3. The minimum Gasteiger partial charge on any atom is -0.508 e. The van der Waals surface area contributed by atoms with Crippen molar-refractivity contribution in [3.8, 4) is 5.75 Å². The number of phenols is 1. The van der Waals surface area contributed by atoms with E-state index < -0.39 is 0 Å². The molecule has 1 fully saturated rings. The monoisotopic (exact) mass is 220 g/mol. The molecule has 1 aliphatic heterocycles. The molecule has 0 bridgehead atoms. The van der Waals surface area contributed by atoms with E-state index in [0.717, 1.165) is 38.0 Å². The van der Waals surface area contributed by atoms with E-state index in [1.54, 1.807) is 6.07 Å².